The lowest BCUT2D eigenvalue weighted by molar-refractivity contribution is -0.152. The average Bonchev–Trinajstić information content (AvgIpc) is 2.87. The smallest absolute Gasteiger partial charge is 0.306 e. The topological polar surface area (TPSA) is 33.2 Å². The van der Waals surface area contributed by atoms with Gasteiger partial charge >= 0.3 is 6.18 Å². The minimum absolute atomic E-state index is 0.101. The molecule has 0 aliphatic rings. The van der Waals surface area contributed by atoms with Gasteiger partial charge in [0.05, 0.1) is 18.4 Å². The monoisotopic (exact) mass is 300 g/mol. The fraction of sp³-hybridized carbons (Fsp3) is 0.231. The molecule has 0 aliphatic carbocycles. The highest BCUT2D eigenvalue weighted by molar-refractivity contribution is 7.07. The number of thiophene rings is 1. The lowest BCUT2D eigenvalue weighted by Crippen LogP contribution is -2.33. The Balaban J connectivity index is 2.22. The van der Waals surface area contributed by atoms with Gasteiger partial charge < -0.3 is 4.90 Å². The van der Waals surface area contributed by atoms with E-state index in [1.165, 1.54) is 23.7 Å². The number of carbonyl (C=O) groups is 1. The first-order valence-corrected chi connectivity index (χ1v) is 6.68. The van der Waals surface area contributed by atoms with Crippen LogP contribution in [-0.2, 0) is 11.3 Å². The van der Waals surface area contributed by atoms with Crippen LogP contribution in [0, 0.1) is 0 Å². The minimum atomic E-state index is -4.52. The van der Waals surface area contributed by atoms with Crippen molar-refractivity contribution in [1.29, 1.82) is 0 Å². The van der Waals surface area contributed by atoms with E-state index in [-0.39, 0.29) is 6.54 Å². The number of pyridine rings is 1. The fourth-order valence-corrected chi connectivity index (χ4v) is 2.33. The van der Waals surface area contributed by atoms with Gasteiger partial charge in [0.1, 0.15) is 6.42 Å². The van der Waals surface area contributed by atoms with Gasteiger partial charge in [-0.1, -0.05) is 0 Å². The summed E-state index contributed by atoms with van der Waals surface area (Å²) in [4.78, 5) is 16.8. The number of alkyl halides is 3. The number of aromatic nitrogens is 1. The molecule has 0 radical (unpaired) electrons. The lowest BCUT2D eigenvalue weighted by atomic mass is 10.2. The van der Waals surface area contributed by atoms with E-state index in [0.717, 1.165) is 10.5 Å². The standard InChI is InChI=1S/C13H11F3N2OS/c14-13(15,16)6-12(19)18(8-10-3-5-20-9-10)11-2-1-4-17-7-11/h1-5,7,9H,6,8H2. The quantitative estimate of drug-likeness (QED) is 0.864. The van der Waals surface area contributed by atoms with Gasteiger partial charge in [0.25, 0.3) is 0 Å². The minimum Gasteiger partial charge on any atom is -0.306 e. The maximum absolute atomic E-state index is 12.4. The molecular formula is C13H11F3N2OS. The molecule has 0 aliphatic heterocycles. The van der Waals surface area contributed by atoms with Crippen LogP contribution in [0.4, 0.5) is 18.9 Å². The third kappa shape index (κ3) is 4.06. The molecule has 0 saturated carbocycles. The third-order valence-corrected chi connectivity index (χ3v) is 3.26. The van der Waals surface area contributed by atoms with E-state index in [9.17, 15) is 18.0 Å². The molecule has 2 aromatic heterocycles. The van der Waals surface area contributed by atoms with Gasteiger partial charge in [-0.25, -0.2) is 0 Å². The molecule has 2 rings (SSSR count). The van der Waals surface area contributed by atoms with E-state index < -0.39 is 18.5 Å². The first-order valence-electron chi connectivity index (χ1n) is 5.74. The molecule has 7 heteroatoms. The average molecular weight is 300 g/mol. The Morgan fingerprint density at radius 3 is 2.70 bits per heavy atom. The highest BCUT2D eigenvalue weighted by Gasteiger charge is 2.34. The number of hydrogen-bond donors (Lipinski definition) is 0. The maximum atomic E-state index is 12.4. The van der Waals surface area contributed by atoms with Gasteiger partial charge in [-0.15, -0.1) is 0 Å². The van der Waals surface area contributed by atoms with Crippen LogP contribution < -0.4 is 4.90 Å². The van der Waals surface area contributed by atoms with Crippen LogP contribution in [0.3, 0.4) is 0 Å². The zero-order valence-electron chi connectivity index (χ0n) is 10.3. The number of carbonyl (C=O) groups excluding carboxylic acids is 1. The third-order valence-electron chi connectivity index (χ3n) is 2.53. The molecule has 0 aromatic carbocycles. The number of halogens is 3. The maximum Gasteiger partial charge on any atom is 0.397 e. The van der Waals surface area contributed by atoms with Crippen molar-refractivity contribution in [3.8, 4) is 0 Å². The van der Waals surface area contributed by atoms with Crippen molar-refractivity contribution in [1.82, 2.24) is 4.98 Å². The van der Waals surface area contributed by atoms with Crippen molar-refractivity contribution in [2.75, 3.05) is 4.90 Å². The first kappa shape index (κ1) is 14.5. The summed E-state index contributed by atoms with van der Waals surface area (Å²) >= 11 is 1.43. The van der Waals surface area contributed by atoms with Gasteiger partial charge in [-0.05, 0) is 34.5 Å². The van der Waals surface area contributed by atoms with Gasteiger partial charge in [0.15, 0.2) is 0 Å². The van der Waals surface area contributed by atoms with Crippen LogP contribution in [0.5, 0.6) is 0 Å². The Labute approximate surface area is 117 Å². The number of nitrogens with zero attached hydrogens (tertiary/aromatic N) is 2. The molecule has 0 spiro atoms. The van der Waals surface area contributed by atoms with Crippen LogP contribution >= 0.6 is 11.3 Å². The van der Waals surface area contributed by atoms with Crippen LogP contribution in [0.15, 0.2) is 41.4 Å². The van der Waals surface area contributed by atoms with E-state index >= 15 is 0 Å². The van der Waals surface area contributed by atoms with Crippen LogP contribution in [-0.4, -0.2) is 17.1 Å². The van der Waals surface area contributed by atoms with E-state index in [4.69, 9.17) is 0 Å². The fourth-order valence-electron chi connectivity index (χ4n) is 1.67. The van der Waals surface area contributed by atoms with E-state index in [2.05, 4.69) is 4.98 Å². The normalized spacial score (nSPS) is 11.3. The molecule has 1 amide bonds. The molecule has 0 N–H and O–H groups in total. The number of anilines is 1. The van der Waals surface area contributed by atoms with Crippen molar-refractivity contribution < 1.29 is 18.0 Å². The Bertz CT molecular complexity index is 555. The van der Waals surface area contributed by atoms with E-state index in [1.807, 2.05) is 5.38 Å². The number of amides is 1. The lowest BCUT2D eigenvalue weighted by Gasteiger charge is -2.22. The highest BCUT2D eigenvalue weighted by Crippen LogP contribution is 2.24. The van der Waals surface area contributed by atoms with Crippen LogP contribution in [0.25, 0.3) is 0 Å². The summed E-state index contributed by atoms with van der Waals surface area (Å²) in [6, 6.07) is 4.92. The Morgan fingerprint density at radius 1 is 1.35 bits per heavy atom. The molecule has 20 heavy (non-hydrogen) atoms. The molecule has 0 unspecified atom stereocenters. The number of hydrogen-bond acceptors (Lipinski definition) is 3. The summed E-state index contributed by atoms with van der Waals surface area (Å²) in [6.07, 6.45) is -3.13. The Kier molecular flexibility index (Phi) is 4.39. The molecule has 0 atom stereocenters. The summed E-state index contributed by atoms with van der Waals surface area (Å²) < 4.78 is 37.2. The second-order valence-corrected chi connectivity index (χ2v) is 4.89. The summed E-state index contributed by atoms with van der Waals surface area (Å²) in [5.41, 5.74) is 1.14. The van der Waals surface area contributed by atoms with Gasteiger partial charge in [-0.3, -0.25) is 9.78 Å². The predicted octanol–water partition coefficient (Wildman–Crippen LogP) is 3.63. The Hall–Kier alpha value is -1.89. The van der Waals surface area contributed by atoms with E-state index in [1.54, 1.807) is 23.6 Å². The summed E-state index contributed by atoms with van der Waals surface area (Å²) in [5, 5.41) is 3.61. The highest BCUT2D eigenvalue weighted by atomic mass is 32.1. The second-order valence-electron chi connectivity index (χ2n) is 4.11. The van der Waals surface area contributed by atoms with Gasteiger partial charge in [0.2, 0.25) is 5.91 Å². The summed E-state index contributed by atoms with van der Waals surface area (Å²) in [5.74, 6) is -0.989. The summed E-state index contributed by atoms with van der Waals surface area (Å²) in [7, 11) is 0. The van der Waals surface area contributed by atoms with Crippen molar-refractivity contribution in [3.63, 3.8) is 0 Å². The van der Waals surface area contributed by atoms with Crippen LogP contribution in [0.1, 0.15) is 12.0 Å². The predicted molar refractivity (Wildman–Crippen MR) is 70.4 cm³/mol. The SMILES string of the molecule is O=C(CC(F)(F)F)N(Cc1ccsc1)c1cccnc1. The van der Waals surface area contributed by atoms with Crippen molar-refractivity contribution in [2.24, 2.45) is 0 Å². The second kappa shape index (κ2) is 6.04. The van der Waals surface area contributed by atoms with Crippen molar-refractivity contribution in [2.45, 2.75) is 19.1 Å². The first-order chi connectivity index (χ1) is 9.46. The van der Waals surface area contributed by atoms with Gasteiger partial charge in [-0.2, -0.15) is 24.5 Å². The Morgan fingerprint density at radius 2 is 2.15 bits per heavy atom. The molecule has 2 aromatic rings. The molecule has 0 fully saturated rings. The molecule has 3 nitrogen and oxygen atoms in total. The zero-order valence-corrected chi connectivity index (χ0v) is 11.1. The molecule has 0 bridgehead atoms. The van der Waals surface area contributed by atoms with Crippen molar-refractivity contribution >= 4 is 22.9 Å². The van der Waals surface area contributed by atoms with Crippen molar-refractivity contribution in [3.05, 3.63) is 46.9 Å². The zero-order chi connectivity index (χ0) is 14.6. The number of rotatable bonds is 4. The van der Waals surface area contributed by atoms with Crippen LogP contribution in [0.2, 0.25) is 0 Å². The molecule has 106 valence electrons. The molecular weight excluding hydrogens is 289 g/mol. The molecule has 2 heterocycles. The van der Waals surface area contributed by atoms with Gasteiger partial charge in [0, 0.05) is 6.20 Å². The molecule has 0 saturated heterocycles. The summed E-state index contributed by atoms with van der Waals surface area (Å²) in [6.45, 7) is 0.101. The largest absolute Gasteiger partial charge is 0.397 e. The van der Waals surface area contributed by atoms with E-state index in [0.29, 0.717) is 5.69 Å².